The van der Waals surface area contributed by atoms with Gasteiger partial charge in [-0.1, -0.05) is 6.07 Å². The minimum absolute atomic E-state index is 0.185. The summed E-state index contributed by atoms with van der Waals surface area (Å²) in [6.45, 7) is 0. The van der Waals surface area contributed by atoms with Crippen LogP contribution in [0.5, 0.6) is 0 Å². The topological polar surface area (TPSA) is 69.3 Å². The quantitative estimate of drug-likeness (QED) is 0.531. The summed E-state index contributed by atoms with van der Waals surface area (Å²) < 4.78 is 3.08. The van der Waals surface area contributed by atoms with E-state index in [-0.39, 0.29) is 18.0 Å². The summed E-state index contributed by atoms with van der Waals surface area (Å²) in [7, 11) is 1.67. The molecule has 0 spiro atoms. The fourth-order valence-corrected chi connectivity index (χ4v) is 2.13. The fraction of sp³-hybridized carbons (Fsp3) is 0.143. The number of carbonyl (C=O) groups excluding carboxylic acids is 2. The molecule has 0 aliphatic heterocycles. The Hall–Kier alpha value is -2.76. The van der Waals surface area contributed by atoms with Gasteiger partial charge in [0.15, 0.2) is 11.6 Å². The summed E-state index contributed by atoms with van der Waals surface area (Å²) in [5, 5.41) is 8.02. The highest BCUT2D eigenvalue weighted by molar-refractivity contribution is 6.15. The molecule has 0 N–H and O–H groups in total. The van der Waals surface area contributed by atoms with Crippen molar-refractivity contribution in [1.82, 2.24) is 19.4 Å². The first-order chi connectivity index (χ1) is 9.66. The molecule has 3 aromatic rings. The molecule has 3 rings (SSSR count). The van der Waals surface area contributed by atoms with Crippen LogP contribution in [0.4, 0.5) is 0 Å². The Labute approximate surface area is 114 Å². The molecule has 6 heteroatoms. The predicted octanol–water partition coefficient (Wildman–Crippen LogP) is 1.52. The average molecular weight is 268 g/mol. The Morgan fingerprint density at radius 1 is 1.15 bits per heavy atom. The number of fused-ring (bicyclic) bond motifs is 1. The van der Waals surface area contributed by atoms with Crippen molar-refractivity contribution in [2.75, 3.05) is 0 Å². The maximum Gasteiger partial charge on any atom is 0.188 e. The second kappa shape index (κ2) is 4.73. The van der Waals surface area contributed by atoms with Gasteiger partial charge in [0.25, 0.3) is 0 Å². The van der Waals surface area contributed by atoms with E-state index < -0.39 is 0 Å². The molecule has 0 amide bonds. The minimum atomic E-state index is -0.245. The van der Waals surface area contributed by atoms with Crippen LogP contribution in [-0.2, 0) is 7.05 Å². The molecule has 0 saturated carbocycles. The highest BCUT2D eigenvalue weighted by Gasteiger charge is 2.18. The Morgan fingerprint density at radius 2 is 2.00 bits per heavy atom. The van der Waals surface area contributed by atoms with Crippen molar-refractivity contribution in [2.45, 2.75) is 6.42 Å². The Kier molecular flexibility index (Phi) is 2.90. The molecule has 0 radical (unpaired) electrons. The third-order valence-corrected chi connectivity index (χ3v) is 3.15. The zero-order valence-corrected chi connectivity index (χ0v) is 10.9. The Balaban J connectivity index is 1.87. The number of nitrogens with zero attached hydrogens (tertiary/aromatic N) is 4. The van der Waals surface area contributed by atoms with Gasteiger partial charge in [-0.25, -0.2) is 4.52 Å². The van der Waals surface area contributed by atoms with Crippen molar-refractivity contribution in [3.8, 4) is 0 Å². The van der Waals surface area contributed by atoms with Crippen molar-refractivity contribution < 1.29 is 9.59 Å². The van der Waals surface area contributed by atoms with Crippen molar-refractivity contribution in [3.63, 3.8) is 0 Å². The van der Waals surface area contributed by atoms with Gasteiger partial charge in [-0.15, -0.1) is 0 Å². The number of aromatic nitrogens is 4. The van der Waals surface area contributed by atoms with Crippen LogP contribution < -0.4 is 0 Å². The molecule has 3 aromatic heterocycles. The summed E-state index contributed by atoms with van der Waals surface area (Å²) in [5.74, 6) is -0.484. The number of hydrogen-bond acceptors (Lipinski definition) is 4. The molecule has 3 heterocycles. The van der Waals surface area contributed by atoms with Crippen molar-refractivity contribution >= 4 is 17.1 Å². The summed E-state index contributed by atoms with van der Waals surface area (Å²) in [5.41, 5.74) is 1.59. The van der Waals surface area contributed by atoms with E-state index in [9.17, 15) is 9.59 Å². The second-order valence-electron chi connectivity index (χ2n) is 4.45. The van der Waals surface area contributed by atoms with Crippen molar-refractivity contribution in [2.24, 2.45) is 7.05 Å². The zero-order chi connectivity index (χ0) is 14.1. The molecular formula is C14H12N4O2. The van der Waals surface area contributed by atoms with Crippen molar-refractivity contribution in [1.29, 1.82) is 0 Å². The van der Waals surface area contributed by atoms with Crippen LogP contribution in [0.3, 0.4) is 0 Å². The van der Waals surface area contributed by atoms with Gasteiger partial charge >= 0.3 is 0 Å². The van der Waals surface area contributed by atoms with E-state index in [0.29, 0.717) is 16.8 Å². The molecule has 0 atom stereocenters. The smallest absolute Gasteiger partial charge is 0.188 e. The Morgan fingerprint density at radius 3 is 2.75 bits per heavy atom. The third-order valence-electron chi connectivity index (χ3n) is 3.15. The highest BCUT2D eigenvalue weighted by Crippen LogP contribution is 2.14. The van der Waals surface area contributed by atoms with Gasteiger partial charge in [-0.3, -0.25) is 14.3 Å². The lowest BCUT2D eigenvalue weighted by molar-refractivity contribution is 0.0890. The van der Waals surface area contributed by atoms with E-state index in [1.165, 1.54) is 17.1 Å². The number of rotatable bonds is 4. The molecule has 0 fully saturated rings. The van der Waals surface area contributed by atoms with Crippen LogP contribution in [0.25, 0.3) is 5.52 Å². The minimum Gasteiger partial charge on any atom is -0.294 e. The number of Topliss-reactive ketones (excluding diaryl/α,β-unsaturated/α-hetero) is 2. The molecule has 0 aliphatic rings. The van der Waals surface area contributed by atoms with E-state index in [1.807, 2.05) is 12.1 Å². The standard InChI is InChI=1S/C14H12N4O2/c1-17-12(5-6-15-17)14(20)8-13(19)10-9-16-18-7-3-2-4-11(10)18/h2-7,9H,8H2,1H3. The molecule has 0 bridgehead atoms. The molecule has 0 aliphatic carbocycles. The van der Waals surface area contributed by atoms with Crippen LogP contribution in [0, 0.1) is 0 Å². The zero-order valence-electron chi connectivity index (χ0n) is 10.9. The number of hydrogen-bond donors (Lipinski definition) is 0. The largest absolute Gasteiger partial charge is 0.294 e. The molecule has 100 valence electrons. The predicted molar refractivity (Wildman–Crippen MR) is 71.7 cm³/mol. The van der Waals surface area contributed by atoms with Crippen LogP contribution in [0.15, 0.2) is 42.9 Å². The van der Waals surface area contributed by atoms with E-state index in [0.717, 1.165) is 0 Å². The average Bonchev–Trinajstić information content (AvgIpc) is 3.04. The van der Waals surface area contributed by atoms with Crippen molar-refractivity contribution in [3.05, 3.63) is 54.1 Å². The number of pyridine rings is 1. The van der Waals surface area contributed by atoms with E-state index >= 15 is 0 Å². The molecule has 0 saturated heterocycles. The molecule has 6 nitrogen and oxygen atoms in total. The monoisotopic (exact) mass is 268 g/mol. The van der Waals surface area contributed by atoms with Crippen LogP contribution >= 0.6 is 0 Å². The van der Waals surface area contributed by atoms with Gasteiger partial charge in [0.05, 0.1) is 23.7 Å². The van der Waals surface area contributed by atoms with Crippen LogP contribution in [-0.4, -0.2) is 31.0 Å². The summed E-state index contributed by atoms with van der Waals surface area (Å²) in [6, 6.07) is 7.06. The van der Waals surface area contributed by atoms with Gasteiger partial charge in [-0.05, 0) is 18.2 Å². The maximum absolute atomic E-state index is 12.2. The van der Waals surface area contributed by atoms with Crippen LogP contribution in [0.1, 0.15) is 27.3 Å². The van der Waals surface area contributed by atoms with Gasteiger partial charge in [-0.2, -0.15) is 10.2 Å². The van der Waals surface area contributed by atoms with E-state index in [1.54, 1.807) is 29.9 Å². The first-order valence-corrected chi connectivity index (χ1v) is 6.13. The molecule has 0 unspecified atom stereocenters. The SMILES string of the molecule is Cn1nccc1C(=O)CC(=O)c1cnn2ccccc12. The van der Waals surface area contributed by atoms with E-state index in [2.05, 4.69) is 10.2 Å². The number of ketones is 2. The lowest BCUT2D eigenvalue weighted by Crippen LogP contribution is -2.12. The molecule has 0 aromatic carbocycles. The normalized spacial score (nSPS) is 10.8. The van der Waals surface area contributed by atoms with Crippen LogP contribution in [0.2, 0.25) is 0 Å². The fourth-order valence-electron chi connectivity index (χ4n) is 2.13. The first kappa shape index (κ1) is 12.3. The lowest BCUT2D eigenvalue weighted by atomic mass is 10.1. The third kappa shape index (κ3) is 2.01. The number of carbonyl (C=O) groups is 2. The first-order valence-electron chi connectivity index (χ1n) is 6.13. The molecule has 20 heavy (non-hydrogen) atoms. The second-order valence-corrected chi connectivity index (χ2v) is 4.45. The van der Waals surface area contributed by atoms with Gasteiger partial charge < -0.3 is 0 Å². The Bertz CT molecular complexity index is 800. The highest BCUT2D eigenvalue weighted by atomic mass is 16.1. The van der Waals surface area contributed by atoms with Gasteiger partial charge in [0.2, 0.25) is 0 Å². The number of aryl methyl sites for hydroxylation is 1. The van der Waals surface area contributed by atoms with E-state index in [4.69, 9.17) is 0 Å². The maximum atomic E-state index is 12.2. The summed E-state index contributed by atoms with van der Waals surface area (Å²) in [6.07, 6.45) is 4.60. The summed E-state index contributed by atoms with van der Waals surface area (Å²) >= 11 is 0. The molecular weight excluding hydrogens is 256 g/mol. The van der Waals surface area contributed by atoms with Gasteiger partial charge in [0, 0.05) is 19.4 Å². The summed E-state index contributed by atoms with van der Waals surface area (Å²) in [4.78, 5) is 24.3. The van der Waals surface area contributed by atoms with Gasteiger partial charge in [0.1, 0.15) is 5.69 Å². The lowest BCUT2D eigenvalue weighted by Gasteiger charge is -2.00.